The van der Waals surface area contributed by atoms with E-state index in [2.05, 4.69) is 105 Å². The van der Waals surface area contributed by atoms with Gasteiger partial charge in [-0.3, -0.25) is 0 Å². The molecular weight excluding hydrogens is 492 g/mol. The minimum Gasteiger partial charge on any atom is -0.485 e. The Labute approximate surface area is 186 Å². The summed E-state index contributed by atoms with van der Waals surface area (Å²) in [5, 5.41) is 0. The normalized spacial score (nSPS) is 28.2. The summed E-state index contributed by atoms with van der Waals surface area (Å²) in [5.41, 5.74) is 3.27. The molecule has 0 fully saturated rings. The number of hydrogen-bond acceptors (Lipinski definition) is 2. The van der Waals surface area contributed by atoms with Crippen molar-refractivity contribution < 1.29 is 9.47 Å². The van der Waals surface area contributed by atoms with E-state index in [1.807, 2.05) is 0 Å². The second-order valence-electron chi connectivity index (χ2n) is 7.83. The first-order valence-corrected chi connectivity index (χ1v) is 11.5. The van der Waals surface area contributed by atoms with E-state index in [1.54, 1.807) is 0 Å². The van der Waals surface area contributed by atoms with Gasteiger partial charge in [-0.25, -0.2) is 0 Å². The Morgan fingerprint density at radius 1 is 0.828 bits per heavy atom. The molecule has 2 aromatic rings. The molecule has 2 aliphatic carbocycles. The molecule has 2 nitrogen and oxygen atoms in total. The van der Waals surface area contributed by atoms with E-state index in [0.29, 0.717) is 0 Å². The van der Waals surface area contributed by atoms with E-state index < -0.39 is 0 Å². The van der Waals surface area contributed by atoms with Crippen LogP contribution in [-0.4, -0.2) is 6.10 Å². The van der Waals surface area contributed by atoms with Crippen LogP contribution in [0.25, 0.3) is 0 Å². The van der Waals surface area contributed by atoms with Gasteiger partial charge in [0.2, 0.25) is 0 Å². The van der Waals surface area contributed by atoms with Gasteiger partial charge >= 0.3 is 0 Å². The molecule has 3 unspecified atom stereocenters. The largest absolute Gasteiger partial charge is 0.485 e. The zero-order chi connectivity index (χ0) is 19.6. The molecule has 0 radical (unpaired) electrons. The topological polar surface area (TPSA) is 18.5 Å². The molecule has 0 N–H and O–H groups in total. The van der Waals surface area contributed by atoms with Crippen molar-refractivity contribution in [2.45, 2.75) is 24.4 Å². The average Bonchev–Trinajstić information content (AvgIpc) is 2.74. The molecule has 0 amide bonds. The van der Waals surface area contributed by atoms with Crippen molar-refractivity contribution in [2.24, 2.45) is 5.92 Å². The minimum absolute atomic E-state index is 0.0253. The molecule has 4 heteroatoms. The van der Waals surface area contributed by atoms with Crippen molar-refractivity contribution in [2.75, 3.05) is 0 Å². The maximum Gasteiger partial charge on any atom is 0.131 e. The monoisotopic (exact) mass is 508 g/mol. The predicted octanol–water partition coefficient (Wildman–Crippen LogP) is 7.00. The Hall–Kier alpha value is -2.04. The molecule has 144 valence electrons. The second-order valence-corrected chi connectivity index (χ2v) is 9.66. The lowest BCUT2D eigenvalue weighted by Gasteiger charge is -2.52. The fraction of sp³-hybridized carbons (Fsp3) is 0.200. The van der Waals surface area contributed by atoms with Crippen LogP contribution in [-0.2, 0) is 5.41 Å². The molecule has 2 aromatic carbocycles. The van der Waals surface area contributed by atoms with E-state index in [0.717, 1.165) is 39.0 Å². The Balaban J connectivity index is 1.78. The Bertz CT molecular complexity index is 1160. The molecule has 0 saturated heterocycles. The highest BCUT2D eigenvalue weighted by Gasteiger charge is 2.56. The SMILES string of the molecule is Brc1ccc2c(c1)C1(C3=CCCC=C3O2)c2cc(Br)ccc2OC2C=CC=CC21. The highest BCUT2D eigenvalue weighted by atomic mass is 79.9. The van der Waals surface area contributed by atoms with Gasteiger partial charge in [0.05, 0.1) is 5.41 Å². The first kappa shape index (κ1) is 17.8. The standard InChI is InChI=1S/C25H18Br2O2/c26-15-9-11-23-19(13-15)25(17-5-1-3-7-21(17)28-23)18-6-2-4-8-22(18)29-24-12-10-16(27)14-20(24)25/h1,3,5-14,17,21H,2,4H2. The van der Waals surface area contributed by atoms with E-state index >= 15 is 0 Å². The number of allylic oxidation sites excluding steroid dienone is 5. The van der Waals surface area contributed by atoms with Gasteiger partial charge in [-0.15, -0.1) is 0 Å². The summed E-state index contributed by atoms with van der Waals surface area (Å²) in [6.07, 6.45) is 15.3. The number of benzene rings is 2. The first-order chi connectivity index (χ1) is 14.2. The van der Waals surface area contributed by atoms with Gasteiger partial charge in [-0.05, 0) is 61.4 Å². The first-order valence-electron chi connectivity index (χ1n) is 9.88. The van der Waals surface area contributed by atoms with Crippen LogP contribution < -0.4 is 9.47 Å². The van der Waals surface area contributed by atoms with Gasteiger partial charge < -0.3 is 9.47 Å². The van der Waals surface area contributed by atoms with Crippen LogP contribution in [0.2, 0.25) is 0 Å². The fourth-order valence-corrected chi connectivity index (χ4v) is 5.97. The van der Waals surface area contributed by atoms with Crippen molar-refractivity contribution in [3.05, 3.63) is 104 Å². The number of fused-ring (bicyclic) bond motifs is 8. The van der Waals surface area contributed by atoms with Gasteiger partial charge in [0, 0.05) is 31.6 Å². The summed E-state index contributed by atoms with van der Waals surface area (Å²) in [6.45, 7) is 0. The van der Waals surface area contributed by atoms with Crippen LogP contribution in [0.15, 0.2) is 93.1 Å². The second kappa shape index (κ2) is 6.48. The molecule has 0 aromatic heterocycles. The number of rotatable bonds is 0. The Morgan fingerprint density at radius 2 is 1.52 bits per heavy atom. The Morgan fingerprint density at radius 3 is 2.34 bits per heavy atom. The molecular formula is C25H18Br2O2. The summed E-state index contributed by atoms with van der Waals surface area (Å²) >= 11 is 7.42. The molecule has 2 heterocycles. The van der Waals surface area contributed by atoms with E-state index in [4.69, 9.17) is 9.47 Å². The minimum atomic E-state index is -0.368. The van der Waals surface area contributed by atoms with Crippen molar-refractivity contribution in [3.8, 4) is 11.5 Å². The van der Waals surface area contributed by atoms with E-state index in [-0.39, 0.29) is 17.4 Å². The van der Waals surface area contributed by atoms with Crippen LogP contribution in [0, 0.1) is 5.92 Å². The zero-order valence-corrected chi connectivity index (χ0v) is 18.7. The summed E-state index contributed by atoms with van der Waals surface area (Å²) < 4.78 is 15.0. The number of halogens is 2. The molecule has 0 bridgehead atoms. The van der Waals surface area contributed by atoms with E-state index in [9.17, 15) is 0 Å². The lowest BCUT2D eigenvalue weighted by atomic mass is 9.56. The smallest absolute Gasteiger partial charge is 0.131 e. The van der Waals surface area contributed by atoms with Gasteiger partial charge in [0.1, 0.15) is 23.4 Å². The summed E-state index contributed by atoms with van der Waals surface area (Å²) in [4.78, 5) is 0. The third-order valence-corrected chi connectivity index (χ3v) is 7.32. The van der Waals surface area contributed by atoms with Crippen molar-refractivity contribution in [1.29, 1.82) is 0 Å². The molecule has 29 heavy (non-hydrogen) atoms. The molecule has 2 aliphatic heterocycles. The lowest BCUT2D eigenvalue weighted by molar-refractivity contribution is 0.130. The van der Waals surface area contributed by atoms with Crippen LogP contribution in [0.5, 0.6) is 11.5 Å². The van der Waals surface area contributed by atoms with Crippen LogP contribution in [0.3, 0.4) is 0 Å². The van der Waals surface area contributed by atoms with Gasteiger partial charge in [0.25, 0.3) is 0 Å². The summed E-state index contributed by atoms with van der Waals surface area (Å²) in [7, 11) is 0. The highest BCUT2D eigenvalue weighted by Crippen LogP contribution is 2.61. The molecule has 0 saturated carbocycles. The summed E-state index contributed by atoms with van der Waals surface area (Å²) in [5.74, 6) is 2.99. The molecule has 1 spiro atoms. The fourth-order valence-electron chi connectivity index (χ4n) is 5.25. The van der Waals surface area contributed by atoms with Crippen molar-refractivity contribution >= 4 is 31.9 Å². The van der Waals surface area contributed by atoms with Gasteiger partial charge in [-0.2, -0.15) is 0 Å². The maximum absolute atomic E-state index is 6.49. The Kier molecular flexibility index (Phi) is 3.97. The summed E-state index contributed by atoms with van der Waals surface area (Å²) in [6, 6.07) is 12.7. The molecule has 3 atom stereocenters. The zero-order valence-electron chi connectivity index (χ0n) is 15.6. The average molecular weight is 510 g/mol. The van der Waals surface area contributed by atoms with E-state index in [1.165, 1.54) is 16.7 Å². The highest BCUT2D eigenvalue weighted by molar-refractivity contribution is 9.10. The molecule has 6 rings (SSSR count). The van der Waals surface area contributed by atoms with Crippen LogP contribution in [0.4, 0.5) is 0 Å². The predicted molar refractivity (Wildman–Crippen MR) is 121 cm³/mol. The van der Waals surface area contributed by atoms with Crippen molar-refractivity contribution in [1.82, 2.24) is 0 Å². The lowest BCUT2D eigenvalue weighted by Crippen LogP contribution is -2.51. The van der Waals surface area contributed by atoms with Gasteiger partial charge in [0.15, 0.2) is 0 Å². The maximum atomic E-state index is 6.49. The number of hydrogen-bond donors (Lipinski definition) is 0. The van der Waals surface area contributed by atoms with Crippen LogP contribution >= 0.6 is 31.9 Å². The van der Waals surface area contributed by atoms with Gasteiger partial charge in [-0.1, -0.05) is 56.2 Å². The van der Waals surface area contributed by atoms with Crippen LogP contribution in [0.1, 0.15) is 24.0 Å². The molecule has 4 aliphatic rings. The quantitative estimate of drug-likeness (QED) is 0.380. The number of ether oxygens (including phenoxy) is 2. The third kappa shape index (κ3) is 2.45. The van der Waals surface area contributed by atoms with Crippen molar-refractivity contribution in [3.63, 3.8) is 0 Å². The third-order valence-electron chi connectivity index (χ3n) is 6.34.